The number of ether oxygens (including phenoxy) is 2. The second-order valence-corrected chi connectivity index (χ2v) is 5.21. The Morgan fingerprint density at radius 2 is 1.79 bits per heavy atom. The number of pyridine rings is 1. The Bertz CT molecular complexity index is 833. The molecule has 0 aliphatic heterocycles. The molecule has 0 amide bonds. The first-order valence-electron chi connectivity index (χ1n) is 7.34. The van der Waals surface area contributed by atoms with Crippen LogP contribution in [0.15, 0.2) is 54.6 Å². The zero-order chi connectivity index (χ0) is 16.2. The Morgan fingerprint density at radius 1 is 1.08 bits per heavy atom. The number of carbonyl (C=O) groups excluding carboxylic acids is 1. The Hall–Kier alpha value is -1.78. The van der Waals surface area contributed by atoms with Gasteiger partial charge in [0, 0.05) is 32.7 Å². The van der Waals surface area contributed by atoms with Crippen molar-refractivity contribution in [2.75, 3.05) is 0 Å². The van der Waals surface area contributed by atoms with E-state index in [9.17, 15) is 4.79 Å². The number of carbonyl (C=O) groups is 1. The molecule has 5 heteroatoms. The monoisotopic (exact) mass is 395 g/mol. The first-order valence-corrected chi connectivity index (χ1v) is 7.34. The fourth-order valence-corrected chi connectivity index (χ4v) is 2.04. The fourth-order valence-electron chi connectivity index (χ4n) is 2.04. The molecule has 24 heavy (non-hydrogen) atoms. The van der Waals surface area contributed by atoms with Crippen molar-refractivity contribution in [3.05, 3.63) is 60.7 Å². The SMILES string of the molecule is CC(=O)C(C)Oc1ccc(Oc2ccc3cc[c-]cc3n2)cc1.[Y]. The van der Waals surface area contributed by atoms with Crippen molar-refractivity contribution in [3.63, 3.8) is 0 Å². The van der Waals surface area contributed by atoms with Crippen LogP contribution in [0.5, 0.6) is 17.4 Å². The number of hydrogen-bond acceptors (Lipinski definition) is 4. The fraction of sp³-hybridized carbons (Fsp3) is 0.158. The van der Waals surface area contributed by atoms with Crippen LogP contribution in [0.3, 0.4) is 0 Å². The van der Waals surface area contributed by atoms with Crippen LogP contribution in [0.1, 0.15) is 13.8 Å². The number of Topliss-reactive ketones (excluding diaryl/α,β-unsaturated/α-hetero) is 1. The molecule has 0 fully saturated rings. The second kappa shape index (κ2) is 8.36. The molecular formula is C19H16NO3Y-. The van der Waals surface area contributed by atoms with Crippen molar-refractivity contribution in [1.82, 2.24) is 4.98 Å². The molecule has 0 saturated carbocycles. The maximum absolute atomic E-state index is 11.2. The van der Waals surface area contributed by atoms with Gasteiger partial charge < -0.3 is 9.47 Å². The van der Waals surface area contributed by atoms with E-state index < -0.39 is 6.10 Å². The second-order valence-electron chi connectivity index (χ2n) is 5.21. The average molecular weight is 395 g/mol. The van der Waals surface area contributed by atoms with Gasteiger partial charge in [-0.15, -0.1) is 5.39 Å². The number of hydrogen-bond donors (Lipinski definition) is 0. The smallest absolute Gasteiger partial charge is 0.207 e. The predicted octanol–water partition coefficient (Wildman–Crippen LogP) is 4.18. The predicted molar refractivity (Wildman–Crippen MR) is 87.9 cm³/mol. The van der Waals surface area contributed by atoms with Gasteiger partial charge in [-0.1, -0.05) is 6.07 Å². The van der Waals surface area contributed by atoms with Crippen LogP contribution in [0.25, 0.3) is 10.9 Å². The summed E-state index contributed by atoms with van der Waals surface area (Å²) in [6, 6.07) is 19.5. The number of nitrogens with zero attached hydrogens (tertiary/aromatic N) is 1. The van der Waals surface area contributed by atoms with Crippen LogP contribution in [-0.2, 0) is 37.5 Å². The summed E-state index contributed by atoms with van der Waals surface area (Å²) in [6.07, 6.45) is -0.458. The summed E-state index contributed by atoms with van der Waals surface area (Å²) >= 11 is 0. The van der Waals surface area contributed by atoms with Crippen molar-refractivity contribution >= 4 is 16.7 Å². The van der Waals surface area contributed by atoms with Gasteiger partial charge in [0.1, 0.15) is 11.5 Å². The first-order chi connectivity index (χ1) is 11.1. The minimum absolute atomic E-state index is 0. The van der Waals surface area contributed by atoms with Gasteiger partial charge in [0.2, 0.25) is 5.88 Å². The quantitative estimate of drug-likeness (QED) is 0.609. The van der Waals surface area contributed by atoms with Crippen molar-refractivity contribution < 1.29 is 47.0 Å². The molecule has 0 N–H and O–H groups in total. The summed E-state index contributed by atoms with van der Waals surface area (Å²) in [5, 5.41) is 1.04. The molecule has 0 aliphatic rings. The van der Waals surface area contributed by atoms with Crippen molar-refractivity contribution in [2.45, 2.75) is 20.0 Å². The van der Waals surface area contributed by atoms with Crippen LogP contribution < -0.4 is 9.47 Å². The van der Waals surface area contributed by atoms with Gasteiger partial charge in [-0.2, -0.15) is 24.3 Å². The van der Waals surface area contributed by atoms with E-state index >= 15 is 0 Å². The summed E-state index contributed by atoms with van der Waals surface area (Å²) in [5.41, 5.74) is 0.834. The molecule has 2 aromatic carbocycles. The molecule has 1 atom stereocenters. The molecule has 119 valence electrons. The molecule has 0 aliphatic carbocycles. The average Bonchev–Trinajstić information content (AvgIpc) is 2.56. The van der Waals surface area contributed by atoms with Crippen LogP contribution in [0, 0.1) is 6.07 Å². The van der Waals surface area contributed by atoms with Gasteiger partial charge in [0.15, 0.2) is 11.9 Å². The molecule has 0 bridgehead atoms. The normalized spacial score (nSPS) is 11.4. The van der Waals surface area contributed by atoms with Crippen LogP contribution >= 0.6 is 0 Å². The number of benzene rings is 2. The first kappa shape index (κ1) is 18.6. The Labute approximate surface area is 166 Å². The zero-order valence-electron chi connectivity index (χ0n) is 13.5. The molecule has 0 saturated heterocycles. The Morgan fingerprint density at radius 3 is 2.50 bits per heavy atom. The molecule has 3 rings (SSSR count). The van der Waals surface area contributed by atoms with E-state index in [1.54, 1.807) is 31.2 Å². The molecular weight excluding hydrogens is 379 g/mol. The Kier molecular flexibility index (Phi) is 6.47. The number of ketones is 1. The maximum Gasteiger partial charge on any atom is 0.207 e. The third-order valence-electron chi connectivity index (χ3n) is 3.44. The minimum Gasteiger partial charge on any atom is -0.483 e. The zero-order valence-corrected chi connectivity index (χ0v) is 16.4. The van der Waals surface area contributed by atoms with E-state index in [2.05, 4.69) is 11.1 Å². The third-order valence-corrected chi connectivity index (χ3v) is 3.44. The summed E-state index contributed by atoms with van der Waals surface area (Å²) in [5.74, 6) is 1.78. The molecule has 4 nitrogen and oxygen atoms in total. The van der Waals surface area contributed by atoms with Crippen LogP contribution in [0.4, 0.5) is 0 Å². The molecule has 1 unspecified atom stereocenters. The van der Waals surface area contributed by atoms with Gasteiger partial charge in [0.05, 0.1) is 0 Å². The topological polar surface area (TPSA) is 48.4 Å². The number of aromatic nitrogens is 1. The van der Waals surface area contributed by atoms with E-state index in [-0.39, 0.29) is 38.5 Å². The van der Waals surface area contributed by atoms with Crippen molar-refractivity contribution in [2.24, 2.45) is 0 Å². The van der Waals surface area contributed by atoms with E-state index in [4.69, 9.17) is 9.47 Å². The molecule has 1 heterocycles. The molecule has 1 aromatic heterocycles. The summed E-state index contributed by atoms with van der Waals surface area (Å²) < 4.78 is 11.3. The summed E-state index contributed by atoms with van der Waals surface area (Å²) in [6.45, 7) is 3.23. The van der Waals surface area contributed by atoms with Crippen LogP contribution in [-0.4, -0.2) is 16.9 Å². The van der Waals surface area contributed by atoms with E-state index in [0.29, 0.717) is 17.4 Å². The van der Waals surface area contributed by atoms with Gasteiger partial charge in [0.25, 0.3) is 0 Å². The van der Waals surface area contributed by atoms with E-state index in [0.717, 1.165) is 10.9 Å². The summed E-state index contributed by atoms with van der Waals surface area (Å²) in [4.78, 5) is 15.6. The van der Waals surface area contributed by atoms with Gasteiger partial charge in [-0.05, 0) is 49.7 Å². The number of rotatable bonds is 5. The van der Waals surface area contributed by atoms with Crippen molar-refractivity contribution in [1.29, 1.82) is 0 Å². The minimum atomic E-state index is -0.458. The van der Waals surface area contributed by atoms with E-state index in [1.165, 1.54) is 6.92 Å². The van der Waals surface area contributed by atoms with E-state index in [1.807, 2.05) is 30.3 Å². The molecule has 3 aromatic rings. The van der Waals surface area contributed by atoms with Crippen LogP contribution in [0.2, 0.25) is 0 Å². The standard InChI is InChI=1S/C19H16NO3.Y/c1-13(21)14(2)22-16-8-10-17(11-9-16)23-19-12-7-15-5-3-4-6-18(15)20-19;/h3,5-12,14H,1-2H3;/q-1;. The maximum atomic E-state index is 11.2. The summed E-state index contributed by atoms with van der Waals surface area (Å²) in [7, 11) is 0. The Balaban J connectivity index is 0.00000208. The number of fused-ring (bicyclic) bond motifs is 1. The van der Waals surface area contributed by atoms with Crippen molar-refractivity contribution in [3.8, 4) is 17.4 Å². The largest absolute Gasteiger partial charge is 0.483 e. The van der Waals surface area contributed by atoms with Gasteiger partial charge >= 0.3 is 0 Å². The third kappa shape index (κ3) is 4.62. The molecule has 0 spiro atoms. The van der Waals surface area contributed by atoms with Gasteiger partial charge in [-0.3, -0.25) is 9.78 Å². The van der Waals surface area contributed by atoms with Gasteiger partial charge in [-0.25, -0.2) is 0 Å². The molecule has 1 radical (unpaired) electrons.